The third kappa shape index (κ3) is 3.94. The van der Waals surface area contributed by atoms with Gasteiger partial charge in [-0.05, 0) is 44.0 Å². The maximum absolute atomic E-state index is 10.8. The largest absolute Gasteiger partial charge is 0.480 e. The highest BCUT2D eigenvalue weighted by atomic mass is 32.2. The smallest absolute Gasteiger partial charge is 0.316 e. The lowest BCUT2D eigenvalue weighted by Gasteiger charge is -2.04. The molecule has 2 N–H and O–H groups in total. The van der Waals surface area contributed by atoms with Gasteiger partial charge in [-0.25, -0.2) is 0 Å². The standard InChI is InChI=1S/C13H15N3O2S2/c1-7-4-8(2)6-10(5-7)14-12-15-16-13(20-12)19-9(3)11(17)18/h4-6,9H,1-3H3,(H,14,15)(H,17,18)/t9-/m1/s1. The van der Waals surface area contributed by atoms with Crippen molar-refractivity contribution in [3.05, 3.63) is 29.3 Å². The van der Waals surface area contributed by atoms with E-state index in [0.717, 1.165) is 5.69 Å². The Morgan fingerprint density at radius 1 is 1.30 bits per heavy atom. The number of nitrogens with one attached hydrogen (secondary N) is 1. The lowest BCUT2D eigenvalue weighted by atomic mass is 10.1. The lowest BCUT2D eigenvalue weighted by molar-refractivity contribution is -0.136. The molecule has 0 amide bonds. The van der Waals surface area contributed by atoms with E-state index in [1.165, 1.54) is 34.2 Å². The van der Waals surface area contributed by atoms with E-state index in [9.17, 15) is 4.79 Å². The average molecular weight is 309 g/mol. The van der Waals surface area contributed by atoms with Crippen molar-refractivity contribution in [2.75, 3.05) is 5.32 Å². The van der Waals surface area contributed by atoms with Crippen LogP contribution in [0.2, 0.25) is 0 Å². The number of nitrogens with zero attached hydrogens (tertiary/aromatic N) is 2. The van der Waals surface area contributed by atoms with Gasteiger partial charge in [-0.15, -0.1) is 10.2 Å². The van der Waals surface area contributed by atoms with Crippen molar-refractivity contribution in [2.45, 2.75) is 30.4 Å². The molecule has 0 bridgehead atoms. The van der Waals surface area contributed by atoms with Crippen LogP contribution in [-0.4, -0.2) is 26.5 Å². The number of benzene rings is 1. The summed E-state index contributed by atoms with van der Waals surface area (Å²) in [5.74, 6) is -0.853. The molecule has 2 rings (SSSR count). The molecule has 0 fully saturated rings. The van der Waals surface area contributed by atoms with E-state index in [0.29, 0.717) is 9.47 Å². The third-order valence-electron chi connectivity index (χ3n) is 2.50. The Hall–Kier alpha value is -1.60. The molecule has 0 radical (unpaired) electrons. The Bertz CT molecular complexity index is 608. The van der Waals surface area contributed by atoms with Crippen LogP contribution < -0.4 is 5.32 Å². The molecule has 0 aliphatic carbocycles. The Kier molecular flexibility index (Phi) is 4.61. The van der Waals surface area contributed by atoms with Crippen LogP contribution in [-0.2, 0) is 4.79 Å². The number of hydrogen-bond donors (Lipinski definition) is 2. The van der Waals surface area contributed by atoms with Crippen LogP contribution in [0.3, 0.4) is 0 Å². The Labute approximate surface area is 125 Å². The van der Waals surface area contributed by atoms with Crippen molar-refractivity contribution in [2.24, 2.45) is 0 Å². The zero-order chi connectivity index (χ0) is 14.7. The molecule has 7 heteroatoms. The van der Waals surface area contributed by atoms with E-state index >= 15 is 0 Å². The van der Waals surface area contributed by atoms with Gasteiger partial charge in [0.1, 0.15) is 5.25 Å². The van der Waals surface area contributed by atoms with Crippen molar-refractivity contribution in [3.63, 3.8) is 0 Å². The van der Waals surface area contributed by atoms with Gasteiger partial charge in [0.15, 0.2) is 4.34 Å². The SMILES string of the molecule is Cc1cc(C)cc(Nc2nnc(S[C@H](C)C(=O)O)s2)c1. The van der Waals surface area contributed by atoms with Crippen molar-refractivity contribution in [1.29, 1.82) is 0 Å². The Morgan fingerprint density at radius 3 is 2.55 bits per heavy atom. The monoisotopic (exact) mass is 309 g/mol. The maximum atomic E-state index is 10.8. The summed E-state index contributed by atoms with van der Waals surface area (Å²) < 4.78 is 0.645. The number of aliphatic carboxylic acids is 1. The first-order valence-electron chi connectivity index (χ1n) is 6.02. The number of carboxylic acids is 1. The van der Waals surface area contributed by atoms with Crippen molar-refractivity contribution in [1.82, 2.24) is 10.2 Å². The molecule has 1 atom stereocenters. The fourth-order valence-electron chi connectivity index (χ4n) is 1.68. The maximum Gasteiger partial charge on any atom is 0.316 e. The summed E-state index contributed by atoms with van der Waals surface area (Å²) in [5.41, 5.74) is 3.30. The molecule has 0 aliphatic rings. The molecule has 106 valence electrons. The fourth-order valence-corrected chi connectivity index (χ4v) is 3.53. The summed E-state index contributed by atoms with van der Waals surface area (Å²) in [6.07, 6.45) is 0. The van der Waals surface area contributed by atoms with Crippen LogP contribution >= 0.6 is 23.1 Å². The van der Waals surface area contributed by atoms with Crippen LogP contribution in [0.5, 0.6) is 0 Å². The van der Waals surface area contributed by atoms with Gasteiger partial charge < -0.3 is 10.4 Å². The van der Waals surface area contributed by atoms with Crippen molar-refractivity contribution < 1.29 is 9.90 Å². The fraction of sp³-hybridized carbons (Fsp3) is 0.308. The van der Waals surface area contributed by atoms with Crippen LogP contribution in [0.1, 0.15) is 18.1 Å². The predicted molar refractivity (Wildman–Crippen MR) is 82.1 cm³/mol. The highest BCUT2D eigenvalue weighted by Crippen LogP contribution is 2.30. The summed E-state index contributed by atoms with van der Waals surface area (Å²) >= 11 is 2.55. The zero-order valence-corrected chi connectivity index (χ0v) is 13.0. The summed E-state index contributed by atoms with van der Waals surface area (Å²) in [7, 11) is 0. The van der Waals surface area contributed by atoms with E-state index < -0.39 is 11.2 Å². The highest BCUT2D eigenvalue weighted by molar-refractivity contribution is 8.02. The number of aryl methyl sites for hydroxylation is 2. The minimum absolute atomic E-state index is 0.531. The highest BCUT2D eigenvalue weighted by Gasteiger charge is 2.15. The molecule has 0 spiro atoms. The number of anilines is 2. The van der Waals surface area contributed by atoms with Crippen LogP contribution in [0.4, 0.5) is 10.8 Å². The zero-order valence-electron chi connectivity index (χ0n) is 11.4. The molecule has 1 aromatic carbocycles. The molecule has 0 aliphatic heterocycles. The first-order chi connectivity index (χ1) is 9.44. The van der Waals surface area contributed by atoms with Gasteiger partial charge in [0, 0.05) is 5.69 Å². The van der Waals surface area contributed by atoms with E-state index in [1.807, 2.05) is 26.0 Å². The molecule has 1 heterocycles. The number of aromatic nitrogens is 2. The van der Waals surface area contributed by atoms with E-state index in [2.05, 4.69) is 21.6 Å². The van der Waals surface area contributed by atoms with Gasteiger partial charge in [0.25, 0.3) is 0 Å². The quantitative estimate of drug-likeness (QED) is 0.824. The van der Waals surface area contributed by atoms with E-state index in [4.69, 9.17) is 5.11 Å². The molecular weight excluding hydrogens is 294 g/mol. The van der Waals surface area contributed by atoms with Crippen LogP contribution in [0, 0.1) is 13.8 Å². The molecule has 0 saturated carbocycles. The lowest BCUT2D eigenvalue weighted by Crippen LogP contribution is -2.10. The topological polar surface area (TPSA) is 75.1 Å². The summed E-state index contributed by atoms with van der Waals surface area (Å²) in [6, 6.07) is 6.16. The summed E-state index contributed by atoms with van der Waals surface area (Å²) in [5, 5.41) is 20.2. The van der Waals surface area contributed by atoms with Gasteiger partial charge in [0.2, 0.25) is 5.13 Å². The molecule has 5 nitrogen and oxygen atoms in total. The van der Waals surface area contributed by atoms with Crippen LogP contribution in [0.25, 0.3) is 0 Å². The second kappa shape index (κ2) is 6.23. The minimum atomic E-state index is -0.853. The van der Waals surface area contributed by atoms with Crippen molar-refractivity contribution >= 4 is 39.9 Å². The Morgan fingerprint density at radius 2 is 1.95 bits per heavy atom. The summed E-state index contributed by atoms with van der Waals surface area (Å²) in [4.78, 5) is 10.8. The van der Waals surface area contributed by atoms with E-state index in [1.54, 1.807) is 6.92 Å². The number of carboxylic acid groups (broad SMARTS) is 1. The predicted octanol–water partition coefficient (Wildman–Crippen LogP) is 3.46. The summed E-state index contributed by atoms with van der Waals surface area (Å²) in [6.45, 7) is 5.70. The third-order valence-corrected chi connectivity index (χ3v) is 4.52. The van der Waals surface area contributed by atoms with Gasteiger partial charge in [-0.2, -0.15) is 0 Å². The normalized spacial score (nSPS) is 12.2. The number of thioether (sulfide) groups is 1. The first-order valence-corrected chi connectivity index (χ1v) is 7.72. The molecular formula is C13H15N3O2S2. The van der Waals surface area contributed by atoms with Gasteiger partial charge in [-0.3, -0.25) is 4.79 Å². The number of hydrogen-bond acceptors (Lipinski definition) is 6. The van der Waals surface area contributed by atoms with Gasteiger partial charge >= 0.3 is 5.97 Å². The molecule has 0 saturated heterocycles. The molecule has 1 aromatic heterocycles. The van der Waals surface area contributed by atoms with Gasteiger partial charge in [0.05, 0.1) is 0 Å². The first kappa shape index (κ1) is 14.8. The molecule has 0 unspecified atom stereocenters. The number of carbonyl (C=O) groups is 1. The average Bonchev–Trinajstić information content (AvgIpc) is 2.74. The Balaban J connectivity index is 2.07. The second-order valence-electron chi connectivity index (χ2n) is 4.47. The molecule has 20 heavy (non-hydrogen) atoms. The second-order valence-corrected chi connectivity index (χ2v) is 7.04. The molecule has 2 aromatic rings. The van der Waals surface area contributed by atoms with Crippen molar-refractivity contribution in [3.8, 4) is 0 Å². The number of rotatable bonds is 5. The van der Waals surface area contributed by atoms with Crippen LogP contribution in [0.15, 0.2) is 22.5 Å². The minimum Gasteiger partial charge on any atom is -0.480 e. The van der Waals surface area contributed by atoms with Gasteiger partial charge in [-0.1, -0.05) is 29.2 Å². The van der Waals surface area contributed by atoms with E-state index in [-0.39, 0.29) is 0 Å².